The third kappa shape index (κ3) is 4.54. The Labute approximate surface area is 104 Å². The fourth-order valence-corrected chi connectivity index (χ4v) is 1.85. The largest absolute Gasteiger partial charge is 0.310 e. The molecule has 1 rings (SSSR count). The molecule has 0 heterocycles. The predicted octanol–water partition coefficient (Wildman–Crippen LogP) is 4.18. The summed E-state index contributed by atoms with van der Waals surface area (Å²) >= 11 is 6.25. The molecule has 0 saturated carbocycles. The molecule has 0 atom stereocenters. The van der Waals surface area contributed by atoms with Crippen LogP contribution >= 0.6 is 11.6 Å². The second-order valence-electron chi connectivity index (χ2n) is 4.56. The van der Waals surface area contributed by atoms with E-state index in [1.807, 2.05) is 0 Å². The zero-order chi connectivity index (χ0) is 12.0. The third-order valence-corrected chi connectivity index (χ3v) is 2.99. The van der Waals surface area contributed by atoms with Gasteiger partial charge >= 0.3 is 0 Å². The zero-order valence-electron chi connectivity index (χ0n) is 10.5. The first-order valence-electron chi connectivity index (χ1n) is 6.14. The molecule has 0 bridgehead atoms. The molecule has 2 heteroatoms. The molecule has 90 valence electrons. The first-order valence-corrected chi connectivity index (χ1v) is 6.52. The van der Waals surface area contributed by atoms with E-state index in [4.69, 9.17) is 11.6 Å². The van der Waals surface area contributed by atoms with Crippen LogP contribution in [-0.2, 0) is 13.0 Å². The topological polar surface area (TPSA) is 12.0 Å². The average Bonchev–Trinajstić information content (AvgIpc) is 2.24. The molecule has 0 aliphatic carbocycles. The number of nitrogens with one attached hydrogen (secondary N) is 1. The molecule has 0 spiro atoms. The number of rotatable bonds is 6. The summed E-state index contributed by atoms with van der Waals surface area (Å²) in [5.41, 5.74) is 2.54. The van der Waals surface area contributed by atoms with Crippen molar-refractivity contribution in [2.24, 2.45) is 0 Å². The van der Waals surface area contributed by atoms with E-state index in [1.165, 1.54) is 24.0 Å². The Kier molecular flexibility index (Phi) is 5.86. The molecule has 0 unspecified atom stereocenters. The summed E-state index contributed by atoms with van der Waals surface area (Å²) < 4.78 is 0. The first-order chi connectivity index (χ1) is 7.63. The monoisotopic (exact) mass is 239 g/mol. The number of unbranched alkanes of at least 4 members (excludes halogenated alkanes) is 1. The fraction of sp³-hybridized carbons (Fsp3) is 0.571. The van der Waals surface area contributed by atoms with E-state index in [9.17, 15) is 0 Å². The van der Waals surface area contributed by atoms with Crippen molar-refractivity contribution in [2.75, 3.05) is 0 Å². The minimum atomic E-state index is 0.496. The molecular formula is C14H22ClN. The van der Waals surface area contributed by atoms with Crippen molar-refractivity contribution in [2.45, 2.75) is 52.6 Å². The lowest BCUT2D eigenvalue weighted by molar-refractivity contribution is 0.589. The molecule has 0 aliphatic heterocycles. The maximum Gasteiger partial charge on any atom is 0.0453 e. The summed E-state index contributed by atoms with van der Waals surface area (Å²) in [5.74, 6) is 0. The zero-order valence-corrected chi connectivity index (χ0v) is 11.3. The van der Waals surface area contributed by atoms with Crippen LogP contribution in [-0.4, -0.2) is 6.04 Å². The minimum absolute atomic E-state index is 0.496. The lowest BCUT2D eigenvalue weighted by Gasteiger charge is -2.10. The second-order valence-corrected chi connectivity index (χ2v) is 4.97. The fourth-order valence-electron chi connectivity index (χ4n) is 1.58. The predicted molar refractivity (Wildman–Crippen MR) is 72.0 cm³/mol. The van der Waals surface area contributed by atoms with Gasteiger partial charge in [-0.1, -0.05) is 50.9 Å². The van der Waals surface area contributed by atoms with Crippen molar-refractivity contribution in [3.05, 3.63) is 34.3 Å². The van der Waals surface area contributed by atoms with E-state index in [-0.39, 0.29) is 0 Å². The van der Waals surface area contributed by atoms with Crippen molar-refractivity contribution >= 4 is 11.6 Å². The van der Waals surface area contributed by atoms with Crippen LogP contribution in [0.3, 0.4) is 0 Å². The quantitative estimate of drug-likeness (QED) is 0.785. The molecule has 0 saturated heterocycles. The van der Waals surface area contributed by atoms with Gasteiger partial charge in [-0.15, -0.1) is 0 Å². The van der Waals surface area contributed by atoms with Crippen LogP contribution in [0.15, 0.2) is 18.2 Å². The highest BCUT2D eigenvalue weighted by molar-refractivity contribution is 6.31. The summed E-state index contributed by atoms with van der Waals surface area (Å²) in [5, 5.41) is 4.27. The molecule has 0 aromatic heterocycles. The number of halogens is 1. The van der Waals surface area contributed by atoms with Crippen LogP contribution in [0.25, 0.3) is 0 Å². The number of hydrogen-bond acceptors (Lipinski definition) is 1. The standard InChI is InChI=1S/C14H22ClN/c1-4-5-6-12-7-8-13(14(15)9-12)10-16-11(2)3/h7-9,11,16H,4-6,10H2,1-3H3. The maximum atomic E-state index is 6.25. The molecule has 0 fully saturated rings. The molecule has 1 aromatic carbocycles. The molecule has 1 aromatic rings. The van der Waals surface area contributed by atoms with Crippen molar-refractivity contribution in [1.82, 2.24) is 5.32 Å². The van der Waals surface area contributed by atoms with E-state index in [0.29, 0.717) is 6.04 Å². The Bertz CT molecular complexity index is 321. The molecule has 0 amide bonds. The highest BCUT2D eigenvalue weighted by atomic mass is 35.5. The van der Waals surface area contributed by atoms with E-state index >= 15 is 0 Å². The van der Waals surface area contributed by atoms with Crippen molar-refractivity contribution in [3.63, 3.8) is 0 Å². The lowest BCUT2D eigenvalue weighted by Crippen LogP contribution is -2.21. The molecule has 0 aliphatic rings. The normalized spacial score (nSPS) is 11.1. The third-order valence-electron chi connectivity index (χ3n) is 2.64. The van der Waals surface area contributed by atoms with E-state index in [0.717, 1.165) is 18.0 Å². The second kappa shape index (κ2) is 6.93. The Morgan fingerprint density at radius 3 is 2.62 bits per heavy atom. The Morgan fingerprint density at radius 1 is 1.31 bits per heavy atom. The summed E-state index contributed by atoms with van der Waals surface area (Å²) in [6.45, 7) is 7.35. The minimum Gasteiger partial charge on any atom is -0.310 e. The van der Waals surface area contributed by atoms with Gasteiger partial charge in [0.1, 0.15) is 0 Å². The maximum absolute atomic E-state index is 6.25. The number of hydrogen-bond donors (Lipinski definition) is 1. The SMILES string of the molecule is CCCCc1ccc(CNC(C)C)c(Cl)c1. The van der Waals surface area contributed by atoms with Crippen LogP contribution in [0.5, 0.6) is 0 Å². The van der Waals surface area contributed by atoms with Crippen LogP contribution < -0.4 is 5.32 Å². The van der Waals surface area contributed by atoms with Crippen LogP contribution in [0.2, 0.25) is 5.02 Å². The molecule has 1 N–H and O–H groups in total. The van der Waals surface area contributed by atoms with Gasteiger partial charge in [-0.2, -0.15) is 0 Å². The van der Waals surface area contributed by atoms with E-state index in [2.05, 4.69) is 44.3 Å². The van der Waals surface area contributed by atoms with Crippen molar-refractivity contribution in [1.29, 1.82) is 0 Å². The van der Waals surface area contributed by atoms with E-state index < -0.39 is 0 Å². The van der Waals surface area contributed by atoms with Crippen molar-refractivity contribution in [3.8, 4) is 0 Å². The lowest BCUT2D eigenvalue weighted by atomic mass is 10.1. The van der Waals surface area contributed by atoms with Crippen LogP contribution in [0, 0.1) is 0 Å². The summed E-state index contributed by atoms with van der Waals surface area (Å²) in [6, 6.07) is 6.94. The Morgan fingerprint density at radius 2 is 2.06 bits per heavy atom. The summed E-state index contributed by atoms with van der Waals surface area (Å²) in [4.78, 5) is 0. The van der Waals surface area contributed by atoms with Gasteiger partial charge in [0, 0.05) is 17.6 Å². The van der Waals surface area contributed by atoms with E-state index in [1.54, 1.807) is 0 Å². The highest BCUT2D eigenvalue weighted by Gasteiger charge is 2.02. The smallest absolute Gasteiger partial charge is 0.0453 e. The summed E-state index contributed by atoms with van der Waals surface area (Å²) in [7, 11) is 0. The molecule has 16 heavy (non-hydrogen) atoms. The number of benzene rings is 1. The van der Waals surface area contributed by atoms with Gasteiger partial charge in [-0.05, 0) is 30.0 Å². The average molecular weight is 240 g/mol. The van der Waals surface area contributed by atoms with Gasteiger partial charge in [0.15, 0.2) is 0 Å². The first kappa shape index (κ1) is 13.5. The Balaban J connectivity index is 2.60. The number of aryl methyl sites for hydroxylation is 1. The van der Waals surface area contributed by atoms with Crippen LogP contribution in [0.1, 0.15) is 44.7 Å². The van der Waals surface area contributed by atoms with Gasteiger partial charge < -0.3 is 5.32 Å². The molecule has 0 radical (unpaired) electrons. The van der Waals surface area contributed by atoms with Gasteiger partial charge in [0.25, 0.3) is 0 Å². The van der Waals surface area contributed by atoms with Gasteiger partial charge in [-0.25, -0.2) is 0 Å². The van der Waals surface area contributed by atoms with Crippen molar-refractivity contribution < 1.29 is 0 Å². The van der Waals surface area contributed by atoms with Gasteiger partial charge in [0.05, 0.1) is 0 Å². The van der Waals surface area contributed by atoms with Gasteiger partial charge in [-0.3, -0.25) is 0 Å². The van der Waals surface area contributed by atoms with Crippen LogP contribution in [0.4, 0.5) is 0 Å². The molecular weight excluding hydrogens is 218 g/mol. The Hall–Kier alpha value is -0.530. The molecule has 1 nitrogen and oxygen atoms in total. The summed E-state index contributed by atoms with van der Waals surface area (Å²) in [6.07, 6.45) is 3.60. The van der Waals surface area contributed by atoms with Gasteiger partial charge in [0.2, 0.25) is 0 Å². The highest BCUT2D eigenvalue weighted by Crippen LogP contribution is 2.19.